The zero-order valence-corrected chi connectivity index (χ0v) is 15.7. The standard InChI is InChI=1S/C19H16Cl2N4O2/c20-13-5-1-3-7-15(13)22-18(26)10-12-25-11-9-17(24-25)19(27)23-16-8-4-2-6-14(16)21/h1-9,11H,10,12H2,(H,22,26)(H,23,27). The fourth-order valence-corrected chi connectivity index (χ4v) is 2.71. The predicted octanol–water partition coefficient (Wildman–Crippen LogP) is 4.47. The van der Waals surface area contributed by atoms with E-state index in [2.05, 4.69) is 15.7 Å². The number of hydrogen-bond acceptors (Lipinski definition) is 3. The molecule has 0 aliphatic carbocycles. The number of nitrogens with zero attached hydrogens (tertiary/aromatic N) is 2. The second-order valence-electron chi connectivity index (χ2n) is 5.68. The van der Waals surface area contributed by atoms with Crippen molar-refractivity contribution >= 4 is 46.4 Å². The predicted molar refractivity (Wildman–Crippen MR) is 106 cm³/mol. The van der Waals surface area contributed by atoms with E-state index in [4.69, 9.17) is 23.2 Å². The number of anilines is 2. The Morgan fingerprint density at radius 1 is 0.889 bits per heavy atom. The van der Waals surface area contributed by atoms with E-state index in [1.165, 1.54) is 4.68 Å². The number of rotatable bonds is 6. The summed E-state index contributed by atoms with van der Waals surface area (Å²) < 4.78 is 1.54. The summed E-state index contributed by atoms with van der Waals surface area (Å²) in [5, 5.41) is 10.6. The zero-order chi connectivity index (χ0) is 19.2. The van der Waals surface area contributed by atoms with Gasteiger partial charge in [-0.25, -0.2) is 0 Å². The van der Waals surface area contributed by atoms with E-state index >= 15 is 0 Å². The van der Waals surface area contributed by atoms with Crippen LogP contribution in [0.4, 0.5) is 11.4 Å². The molecule has 0 radical (unpaired) electrons. The van der Waals surface area contributed by atoms with Gasteiger partial charge in [0, 0.05) is 19.2 Å². The fourth-order valence-electron chi connectivity index (χ4n) is 2.35. The van der Waals surface area contributed by atoms with E-state index < -0.39 is 0 Å². The molecule has 0 saturated heterocycles. The lowest BCUT2D eigenvalue weighted by molar-refractivity contribution is -0.116. The summed E-state index contributed by atoms with van der Waals surface area (Å²) in [5.74, 6) is -0.567. The van der Waals surface area contributed by atoms with Crippen molar-refractivity contribution in [2.75, 3.05) is 10.6 Å². The van der Waals surface area contributed by atoms with Gasteiger partial charge in [0.15, 0.2) is 5.69 Å². The first-order valence-electron chi connectivity index (χ1n) is 8.16. The van der Waals surface area contributed by atoms with Crippen LogP contribution in [0.1, 0.15) is 16.9 Å². The molecule has 0 unspecified atom stereocenters. The average molecular weight is 403 g/mol. The Labute approximate surface area is 166 Å². The Hall–Kier alpha value is -2.83. The molecule has 1 aromatic heterocycles. The number of carbonyl (C=O) groups is 2. The number of amides is 2. The third kappa shape index (κ3) is 5.09. The number of carbonyl (C=O) groups excluding carboxylic acids is 2. The van der Waals surface area contributed by atoms with Gasteiger partial charge in [-0.1, -0.05) is 47.5 Å². The first-order chi connectivity index (χ1) is 13.0. The van der Waals surface area contributed by atoms with Crippen LogP contribution >= 0.6 is 23.2 Å². The second-order valence-corrected chi connectivity index (χ2v) is 6.49. The van der Waals surface area contributed by atoms with Crippen LogP contribution in [0.2, 0.25) is 10.0 Å². The van der Waals surface area contributed by atoms with Gasteiger partial charge in [-0.2, -0.15) is 5.10 Å². The molecule has 3 rings (SSSR count). The molecule has 0 spiro atoms. The van der Waals surface area contributed by atoms with Crippen LogP contribution in [0.25, 0.3) is 0 Å². The van der Waals surface area contributed by atoms with Gasteiger partial charge in [0.2, 0.25) is 5.91 Å². The number of para-hydroxylation sites is 2. The topological polar surface area (TPSA) is 76.0 Å². The highest BCUT2D eigenvalue weighted by molar-refractivity contribution is 6.34. The molecule has 2 amide bonds. The van der Waals surface area contributed by atoms with Crippen molar-refractivity contribution in [3.8, 4) is 0 Å². The third-order valence-corrected chi connectivity index (χ3v) is 4.37. The highest BCUT2D eigenvalue weighted by atomic mass is 35.5. The Kier molecular flexibility index (Phi) is 6.11. The minimum Gasteiger partial charge on any atom is -0.325 e. The molecule has 0 aliphatic rings. The average Bonchev–Trinajstić information content (AvgIpc) is 3.13. The quantitative estimate of drug-likeness (QED) is 0.638. The number of halogens is 2. The van der Waals surface area contributed by atoms with Crippen LogP contribution in [-0.2, 0) is 11.3 Å². The molecule has 138 valence electrons. The number of aryl methyl sites for hydroxylation is 1. The molecular weight excluding hydrogens is 387 g/mol. The van der Waals surface area contributed by atoms with Crippen molar-refractivity contribution in [3.05, 3.63) is 76.5 Å². The summed E-state index contributed by atoms with van der Waals surface area (Å²) in [6, 6.07) is 15.5. The molecule has 27 heavy (non-hydrogen) atoms. The maximum Gasteiger partial charge on any atom is 0.276 e. The van der Waals surface area contributed by atoms with Gasteiger partial charge >= 0.3 is 0 Å². The summed E-state index contributed by atoms with van der Waals surface area (Å²) in [7, 11) is 0. The molecule has 0 fully saturated rings. The molecule has 8 heteroatoms. The molecule has 2 N–H and O–H groups in total. The Balaban J connectivity index is 1.55. The van der Waals surface area contributed by atoms with Crippen LogP contribution in [0.3, 0.4) is 0 Å². The van der Waals surface area contributed by atoms with E-state index in [1.807, 2.05) is 0 Å². The third-order valence-electron chi connectivity index (χ3n) is 3.71. The number of hydrogen-bond donors (Lipinski definition) is 2. The maximum atomic E-state index is 12.3. The lowest BCUT2D eigenvalue weighted by atomic mass is 10.3. The minimum atomic E-state index is -0.373. The lowest BCUT2D eigenvalue weighted by Crippen LogP contribution is -2.16. The first kappa shape index (κ1) is 18.9. The summed E-state index contributed by atoms with van der Waals surface area (Å²) in [5.41, 5.74) is 1.31. The van der Waals surface area contributed by atoms with Gasteiger partial charge in [0.25, 0.3) is 5.91 Å². The van der Waals surface area contributed by atoms with Crippen LogP contribution in [0, 0.1) is 0 Å². The Morgan fingerprint density at radius 3 is 2.11 bits per heavy atom. The van der Waals surface area contributed by atoms with Crippen LogP contribution in [0.15, 0.2) is 60.8 Å². The molecule has 0 atom stereocenters. The summed E-state index contributed by atoms with van der Waals surface area (Å²) in [4.78, 5) is 24.3. The monoisotopic (exact) mass is 402 g/mol. The van der Waals surface area contributed by atoms with Gasteiger partial charge < -0.3 is 10.6 Å². The Bertz CT molecular complexity index is 972. The molecular formula is C19H16Cl2N4O2. The van der Waals surface area contributed by atoms with E-state index in [-0.39, 0.29) is 23.9 Å². The number of aromatic nitrogens is 2. The summed E-state index contributed by atoms with van der Waals surface area (Å²) >= 11 is 12.0. The van der Waals surface area contributed by atoms with E-state index in [0.717, 1.165) is 0 Å². The second kappa shape index (κ2) is 8.70. The molecule has 2 aromatic carbocycles. The highest BCUT2D eigenvalue weighted by Crippen LogP contribution is 2.21. The molecule has 0 bridgehead atoms. The van der Waals surface area contributed by atoms with Crippen molar-refractivity contribution in [3.63, 3.8) is 0 Å². The normalized spacial score (nSPS) is 10.4. The molecule has 3 aromatic rings. The van der Waals surface area contributed by atoms with Crippen LogP contribution < -0.4 is 10.6 Å². The van der Waals surface area contributed by atoms with Gasteiger partial charge in [0.05, 0.1) is 21.4 Å². The fraction of sp³-hybridized carbons (Fsp3) is 0.105. The largest absolute Gasteiger partial charge is 0.325 e. The summed E-state index contributed by atoms with van der Waals surface area (Å²) in [6.45, 7) is 0.329. The van der Waals surface area contributed by atoms with E-state index in [9.17, 15) is 9.59 Å². The van der Waals surface area contributed by atoms with Crippen molar-refractivity contribution < 1.29 is 9.59 Å². The highest BCUT2D eigenvalue weighted by Gasteiger charge is 2.12. The van der Waals surface area contributed by atoms with E-state index in [1.54, 1.807) is 60.8 Å². The SMILES string of the molecule is O=C(CCn1ccc(C(=O)Nc2ccccc2Cl)n1)Nc1ccccc1Cl. The molecule has 6 nitrogen and oxygen atoms in total. The minimum absolute atomic E-state index is 0.193. The van der Waals surface area contributed by atoms with Crippen molar-refractivity contribution in [2.24, 2.45) is 0 Å². The molecule has 0 aliphatic heterocycles. The number of nitrogens with one attached hydrogen (secondary N) is 2. The Morgan fingerprint density at radius 2 is 1.48 bits per heavy atom. The van der Waals surface area contributed by atoms with Crippen LogP contribution in [-0.4, -0.2) is 21.6 Å². The van der Waals surface area contributed by atoms with Gasteiger partial charge in [-0.3, -0.25) is 14.3 Å². The van der Waals surface area contributed by atoms with E-state index in [0.29, 0.717) is 28.0 Å². The van der Waals surface area contributed by atoms with Gasteiger partial charge in [-0.05, 0) is 30.3 Å². The zero-order valence-electron chi connectivity index (χ0n) is 14.2. The van der Waals surface area contributed by atoms with Gasteiger partial charge in [-0.15, -0.1) is 0 Å². The van der Waals surface area contributed by atoms with Gasteiger partial charge in [0.1, 0.15) is 0 Å². The maximum absolute atomic E-state index is 12.3. The lowest BCUT2D eigenvalue weighted by Gasteiger charge is -2.07. The van der Waals surface area contributed by atoms with Crippen molar-refractivity contribution in [1.82, 2.24) is 9.78 Å². The van der Waals surface area contributed by atoms with Crippen LogP contribution in [0.5, 0.6) is 0 Å². The van der Waals surface area contributed by atoms with Crippen molar-refractivity contribution in [1.29, 1.82) is 0 Å². The first-order valence-corrected chi connectivity index (χ1v) is 8.92. The summed E-state index contributed by atoms with van der Waals surface area (Å²) in [6.07, 6.45) is 1.84. The molecule has 0 saturated carbocycles. The molecule has 1 heterocycles. The number of benzene rings is 2. The van der Waals surface area contributed by atoms with Crippen molar-refractivity contribution in [2.45, 2.75) is 13.0 Å². The smallest absolute Gasteiger partial charge is 0.276 e.